The lowest BCUT2D eigenvalue weighted by atomic mass is 9.96. The van der Waals surface area contributed by atoms with Crippen LogP contribution in [0.5, 0.6) is 0 Å². The number of furan rings is 1. The minimum atomic E-state index is 0.0283. The summed E-state index contributed by atoms with van der Waals surface area (Å²) in [4.78, 5) is 22.4. The molecule has 3 aromatic rings. The molecule has 1 aromatic heterocycles. The molecule has 0 fully saturated rings. The van der Waals surface area contributed by atoms with Crippen LogP contribution in [0.15, 0.2) is 65.1 Å². The third-order valence-corrected chi connectivity index (χ3v) is 3.52. The van der Waals surface area contributed by atoms with Crippen molar-refractivity contribution in [2.45, 2.75) is 6.92 Å². The molecule has 0 unspecified atom stereocenters. The van der Waals surface area contributed by atoms with Gasteiger partial charge in [-0.25, -0.2) is 0 Å². The maximum Gasteiger partial charge on any atom is 0.185 e. The zero-order valence-corrected chi connectivity index (χ0v) is 12.1. The minimum Gasteiger partial charge on any atom is -0.453 e. The molecule has 0 atom stereocenters. The monoisotopic (exact) mass is 290 g/mol. The quantitative estimate of drug-likeness (QED) is 0.520. The normalized spacial score (nSPS) is 10.4. The molecule has 0 spiro atoms. The van der Waals surface area contributed by atoms with Gasteiger partial charge in [-0.1, -0.05) is 42.5 Å². The first kappa shape index (κ1) is 14.0. The summed E-state index contributed by atoms with van der Waals surface area (Å²) < 4.78 is 5.52. The molecule has 2 aromatic carbocycles. The summed E-state index contributed by atoms with van der Waals surface area (Å²) in [6.45, 7) is 1.55. The maximum atomic E-state index is 11.6. The topological polar surface area (TPSA) is 47.3 Å². The Morgan fingerprint density at radius 1 is 0.955 bits per heavy atom. The highest BCUT2D eigenvalue weighted by molar-refractivity contribution is 5.96. The van der Waals surface area contributed by atoms with E-state index in [4.69, 9.17) is 4.42 Å². The number of hydrogen-bond acceptors (Lipinski definition) is 3. The molecular weight excluding hydrogens is 276 g/mol. The Bertz CT molecular complexity index is 843. The van der Waals surface area contributed by atoms with Crippen molar-refractivity contribution in [1.82, 2.24) is 0 Å². The Kier molecular flexibility index (Phi) is 3.71. The van der Waals surface area contributed by atoms with Gasteiger partial charge in [-0.3, -0.25) is 9.59 Å². The first-order valence-corrected chi connectivity index (χ1v) is 6.95. The van der Waals surface area contributed by atoms with Crippen molar-refractivity contribution in [3.8, 4) is 22.5 Å². The average Bonchev–Trinajstić information content (AvgIpc) is 3.04. The average molecular weight is 290 g/mol. The van der Waals surface area contributed by atoms with Crippen LogP contribution in [0.2, 0.25) is 0 Å². The second-order valence-corrected chi connectivity index (χ2v) is 5.00. The SMILES string of the molecule is CC(=O)c1cccc(-c2ccccc2-c2ccc(C=O)o2)c1. The van der Waals surface area contributed by atoms with Crippen LogP contribution in [0.1, 0.15) is 27.8 Å². The van der Waals surface area contributed by atoms with Crippen molar-refractivity contribution in [1.29, 1.82) is 0 Å². The lowest BCUT2D eigenvalue weighted by Crippen LogP contribution is -1.92. The zero-order valence-electron chi connectivity index (χ0n) is 12.1. The van der Waals surface area contributed by atoms with Crippen molar-refractivity contribution in [3.05, 3.63) is 72.0 Å². The second-order valence-electron chi connectivity index (χ2n) is 5.00. The van der Waals surface area contributed by atoms with Crippen LogP contribution in [-0.4, -0.2) is 12.1 Å². The van der Waals surface area contributed by atoms with Crippen LogP contribution in [-0.2, 0) is 0 Å². The highest BCUT2D eigenvalue weighted by atomic mass is 16.3. The van der Waals surface area contributed by atoms with E-state index in [1.54, 1.807) is 25.1 Å². The Labute approximate surface area is 128 Å². The van der Waals surface area contributed by atoms with Crippen molar-refractivity contribution in [2.75, 3.05) is 0 Å². The van der Waals surface area contributed by atoms with E-state index in [1.807, 2.05) is 42.5 Å². The van der Waals surface area contributed by atoms with Crippen LogP contribution in [0, 0.1) is 0 Å². The van der Waals surface area contributed by atoms with Crippen molar-refractivity contribution < 1.29 is 14.0 Å². The zero-order chi connectivity index (χ0) is 15.5. The van der Waals surface area contributed by atoms with E-state index in [-0.39, 0.29) is 5.78 Å². The largest absolute Gasteiger partial charge is 0.453 e. The van der Waals surface area contributed by atoms with Crippen LogP contribution in [0.25, 0.3) is 22.5 Å². The number of carbonyl (C=O) groups is 2. The van der Waals surface area contributed by atoms with Gasteiger partial charge < -0.3 is 4.42 Å². The smallest absolute Gasteiger partial charge is 0.185 e. The van der Waals surface area contributed by atoms with Crippen LogP contribution >= 0.6 is 0 Å². The highest BCUT2D eigenvalue weighted by Gasteiger charge is 2.11. The van der Waals surface area contributed by atoms with Gasteiger partial charge in [-0.2, -0.15) is 0 Å². The molecule has 3 rings (SSSR count). The molecule has 108 valence electrons. The number of rotatable bonds is 4. The molecular formula is C19H14O3. The van der Waals surface area contributed by atoms with E-state index >= 15 is 0 Å². The maximum absolute atomic E-state index is 11.6. The Morgan fingerprint density at radius 2 is 1.73 bits per heavy atom. The molecule has 3 heteroatoms. The molecule has 0 N–H and O–H groups in total. The van der Waals surface area contributed by atoms with Crippen molar-refractivity contribution >= 4 is 12.1 Å². The molecule has 0 saturated heterocycles. The Morgan fingerprint density at radius 3 is 2.41 bits per heavy atom. The molecule has 22 heavy (non-hydrogen) atoms. The van der Waals surface area contributed by atoms with Gasteiger partial charge in [0.2, 0.25) is 0 Å². The molecule has 0 bridgehead atoms. The van der Waals surface area contributed by atoms with E-state index in [0.717, 1.165) is 16.7 Å². The van der Waals surface area contributed by atoms with Gasteiger partial charge in [0.05, 0.1) is 0 Å². The predicted octanol–water partition coefficient (Wildman–Crippen LogP) is 4.63. The summed E-state index contributed by atoms with van der Waals surface area (Å²) in [5.41, 5.74) is 3.45. The molecule has 0 aliphatic heterocycles. The molecule has 0 radical (unpaired) electrons. The van der Waals surface area contributed by atoms with E-state index in [2.05, 4.69) is 0 Å². The minimum absolute atomic E-state index is 0.0283. The summed E-state index contributed by atoms with van der Waals surface area (Å²) >= 11 is 0. The van der Waals surface area contributed by atoms with Crippen molar-refractivity contribution in [3.63, 3.8) is 0 Å². The highest BCUT2D eigenvalue weighted by Crippen LogP contribution is 2.33. The van der Waals surface area contributed by atoms with Gasteiger partial charge in [0, 0.05) is 11.1 Å². The fraction of sp³-hybridized carbons (Fsp3) is 0.0526. The first-order chi connectivity index (χ1) is 10.7. The number of Topliss-reactive ketones (excluding diaryl/α,β-unsaturated/α-hetero) is 1. The molecule has 0 saturated carbocycles. The van der Waals surface area contributed by atoms with Gasteiger partial charge in [-0.15, -0.1) is 0 Å². The lowest BCUT2D eigenvalue weighted by molar-refractivity contribution is 0.101. The standard InChI is InChI=1S/C19H14O3/c1-13(21)14-5-4-6-15(11-14)17-7-2-3-8-18(17)19-10-9-16(12-20)22-19/h2-12H,1H3. The van der Waals surface area contributed by atoms with E-state index in [0.29, 0.717) is 23.4 Å². The fourth-order valence-electron chi connectivity index (χ4n) is 2.42. The van der Waals surface area contributed by atoms with Crippen LogP contribution in [0.4, 0.5) is 0 Å². The van der Waals surface area contributed by atoms with Gasteiger partial charge in [0.25, 0.3) is 0 Å². The number of aldehydes is 1. The molecule has 0 amide bonds. The molecule has 0 aliphatic carbocycles. The van der Waals surface area contributed by atoms with E-state index in [9.17, 15) is 9.59 Å². The van der Waals surface area contributed by atoms with E-state index < -0.39 is 0 Å². The Hall–Kier alpha value is -2.94. The summed E-state index contributed by atoms with van der Waals surface area (Å²) in [5.74, 6) is 0.953. The van der Waals surface area contributed by atoms with Gasteiger partial charge in [0.1, 0.15) is 5.76 Å². The predicted molar refractivity (Wildman–Crippen MR) is 85.0 cm³/mol. The molecule has 0 aliphatic rings. The number of carbonyl (C=O) groups excluding carboxylic acids is 2. The second kappa shape index (κ2) is 5.82. The van der Waals surface area contributed by atoms with Gasteiger partial charge in [0.15, 0.2) is 17.8 Å². The molecule has 3 nitrogen and oxygen atoms in total. The summed E-state index contributed by atoms with van der Waals surface area (Å²) in [5, 5.41) is 0. The number of ketones is 1. The van der Waals surface area contributed by atoms with Crippen LogP contribution in [0.3, 0.4) is 0 Å². The van der Waals surface area contributed by atoms with Crippen LogP contribution < -0.4 is 0 Å². The van der Waals surface area contributed by atoms with Gasteiger partial charge in [-0.05, 0) is 36.2 Å². The first-order valence-electron chi connectivity index (χ1n) is 6.95. The summed E-state index contributed by atoms with van der Waals surface area (Å²) in [7, 11) is 0. The van der Waals surface area contributed by atoms with Crippen molar-refractivity contribution in [2.24, 2.45) is 0 Å². The Balaban J connectivity index is 2.14. The third kappa shape index (κ3) is 2.61. The van der Waals surface area contributed by atoms with Gasteiger partial charge >= 0.3 is 0 Å². The number of hydrogen-bond donors (Lipinski definition) is 0. The summed E-state index contributed by atoms with van der Waals surface area (Å²) in [6.07, 6.45) is 0.683. The summed E-state index contributed by atoms with van der Waals surface area (Å²) in [6, 6.07) is 18.6. The fourth-order valence-corrected chi connectivity index (χ4v) is 2.42. The number of benzene rings is 2. The molecule has 1 heterocycles. The van der Waals surface area contributed by atoms with E-state index in [1.165, 1.54) is 0 Å². The lowest BCUT2D eigenvalue weighted by Gasteiger charge is -2.08. The third-order valence-electron chi connectivity index (χ3n) is 3.52.